The van der Waals surface area contributed by atoms with Crippen LogP contribution in [0, 0.1) is 0 Å². The zero-order valence-corrected chi connectivity index (χ0v) is 11.5. The molecule has 1 atom stereocenters. The highest BCUT2D eigenvalue weighted by molar-refractivity contribution is 5.97. The molecule has 1 aromatic rings. The standard InChI is InChI=1S/C13H16F3NO4/c1-8(6-21-7-13(14,15)16)17-12(19)10-4-3-9(20-2)5-11(10)18/h3-5,8,18H,6-7H2,1-2H3,(H,17,19). The van der Waals surface area contributed by atoms with Crippen molar-refractivity contribution < 1.29 is 32.5 Å². The summed E-state index contributed by atoms with van der Waals surface area (Å²) in [6.07, 6.45) is -4.40. The number of phenolic OH excluding ortho intramolecular Hbond substituents is 1. The number of rotatable bonds is 6. The highest BCUT2D eigenvalue weighted by Crippen LogP contribution is 2.23. The molecule has 2 N–H and O–H groups in total. The van der Waals surface area contributed by atoms with Gasteiger partial charge in [-0.3, -0.25) is 4.79 Å². The molecular formula is C13H16F3NO4. The van der Waals surface area contributed by atoms with Crippen LogP contribution in [0.1, 0.15) is 17.3 Å². The predicted octanol–water partition coefficient (Wildman–Crippen LogP) is 2.10. The maximum atomic E-state index is 11.9. The van der Waals surface area contributed by atoms with Gasteiger partial charge >= 0.3 is 6.18 Å². The van der Waals surface area contributed by atoms with E-state index >= 15 is 0 Å². The van der Waals surface area contributed by atoms with Gasteiger partial charge in [-0.25, -0.2) is 0 Å². The van der Waals surface area contributed by atoms with Gasteiger partial charge in [0.15, 0.2) is 0 Å². The van der Waals surface area contributed by atoms with E-state index in [2.05, 4.69) is 10.1 Å². The first-order chi connectivity index (χ1) is 9.73. The maximum Gasteiger partial charge on any atom is 0.411 e. The van der Waals surface area contributed by atoms with E-state index in [1.165, 1.54) is 32.2 Å². The summed E-state index contributed by atoms with van der Waals surface area (Å²) < 4.78 is 45.0. The van der Waals surface area contributed by atoms with Crippen LogP contribution >= 0.6 is 0 Å². The molecule has 1 aromatic carbocycles. The number of nitrogens with one attached hydrogen (secondary N) is 1. The Morgan fingerprint density at radius 3 is 2.62 bits per heavy atom. The Kier molecular flexibility index (Phi) is 5.83. The minimum Gasteiger partial charge on any atom is -0.507 e. The molecule has 5 nitrogen and oxygen atoms in total. The number of phenols is 1. The van der Waals surface area contributed by atoms with Gasteiger partial charge in [0.05, 0.1) is 19.3 Å². The smallest absolute Gasteiger partial charge is 0.411 e. The van der Waals surface area contributed by atoms with E-state index in [0.29, 0.717) is 5.75 Å². The lowest BCUT2D eigenvalue weighted by molar-refractivity contribution is -0.174. The van der Waals surface area contributed by atoms with E-state index in [-0.39, 0.29) is 17.9 Å². The third-order valence-corrected chi connectivity index (χ3v) is 2.46. The summed E-state index contributed by atoms with van der Waals surface area (Å²) in [5.74, 6) is -0.515. The molecule has 8 heteroatoms. The Labute approximate surface area is 119 Å². The van der Waals surface area contributed by atoms with Gasteiger partial charge in [-0.2, -0.15) is 13.2 Å². The van der Waals surface area contributed by atoms with Crippen molar-refractivity contribution in [3.8, 4) is 11.5 Å². The van der Waals surface area contributed by atoms with Gasteiger partial charge in [0.25, 0.3) is 5.91 Å². The molecule has 1 amide bonds. The Morgan fingerprint density at radius 2 is 2.10 bits per heavy atom. The van der Waals surface area contributed by atoms with Gasteiger partial charge in [-0.1, -0.05) is 0 Å². The van der Waals surface area contributed by atoms with Gasteiger partial charge in [0, 0.05) is 12.1 Å². The van der Waals surface area contributed by atoms with Gasteiger partial charge in [-0.05, 0) is 19.1 Å². The maximum absolute atomic E-state index is 11.9. The molecule has 0 aromatic heterocycles. The number of benzene rings is 1. The lowest BCUT2D eigenvalue weighted by atomic mass is 10.1. The summed E-state index contributed by atoms with van der Waals surface area (Å²) in [4.78, 5) is 11.8. The lowest BCUT2D eigenvalue weighted by Gasteiger charge is -2.15. The van der Waals surface area contributed by atoms with Crippen LogP contribution < -0.4 is 10.1 Å². The fourth-order valence-corrected chi connectivity index (χ4v) is 1.53. The molecule has 0 fully saturated rings. The van der Waals surface area contributed by atoms with Crippen LogP contribution in [-0.2, 0) is 4.74 Å². The van der Waals surface area contributed by atoms with Crippen molar-refractivity contribution in [1.82, 2.24) is 5.32 Å². The molecular weight excluding hydrogens is 291 g/mol. The molecule has 118 valence electrons. The minimum atomic E-state index is -4.40. The molecule has 0 heterocycles. The van der Waals surface area contributed by atoms with Gasteiger partial charge in [0.1, 0.15) is 18.1 Å². The molecule has 0 saturated heterocycles. The first-order valence-electron chi connectivity index (χ1n) is 6.05. The monoisotopic (exact) mass is 307 g/mol. The molecule has 0 spiro atoms. The number of aromatic hydroxyl groups is 1. The quantitative estimate of drug-likeness (QED) is 0.844. The SMILES string of the molecule is COc1ccc(C(=O)NC(C)COCC(F)(F)F)c(O)c1. The van der Waals surface area contributed by atoms with Crippen LogP contribution in [0.4, 0.5) is 13.2 Å². The summed E-state index contributed by atoms with van der Waals surface area (Å²) in [7, 11) is 1.41. The van der Waals surface area contributed by atoms with E-state index in [1.54, 1.807) is 0 Å². The summed E-state index contributed by atoms with van der Waals surface area (Å²) in [5.41, 5.74) is -0.00142. The number of amides is 1. The molecule has 0 radical (unpaired) electrons. The third kappa shape index (κ3) is 5.90. The predicted molar refractivity (Wildman–Crippen MR) is 68.5 cm³/mol. The number of carbonyl (C=O) groups is 1. The molecule has 0 bridgehead atoms. The second-order valence-corrected chi connectivity index (χ2v) is 4.39. The third-order valence-electron chi connectivity index (χ3n) is 2.46. The van der Waals surface area contributed by atoms with Crippen molar-refractivity contribution in [1.29, 1.82) is 0 Å². The first-order valence-corrected chi connectivity index (χ1v) is 6.05. The highest BCUT2D eigenvalue weighted by Gasteiger charge is 2.27. The van der Waals surface area contributed by atoms with E-state index in [9.17, 15) is 23.1 Å². The zero-order valence-electron chi connectivity index (χ0n) is 11.5. The highest BCUT2D eigenvalue weighted by atomic mass is 19.4. The van der Waals surface area contributed by atoms with Crippen LogP contribution in [0.15, 0.2) is 18.2 Å². The van der Waals surface area contributed by atoms with Crippen LogP contribution in [0.25, 0.3) is 0 Å². The van der Waals surface area contributed by atoms with Crippen molar-refractivity contribution in [3.05, 3.63) is 23.8 Å². The molecule has 0 saturated carbocycles. The Hall–Kier alpha value is -1.96. The van der Waals surface area contributed by atoms with Crippen molar-refractivity contribution in [2.45, 2.75) is 19.1 Å². The lowest BCUT2D eigenvalue weighted by Crippen LogP contribution is -2.36. The zero-order chi connectivity index (χ0) is 16.0. The average Bonchev–Trinajstić information content (AvgIpc) is 2.36. The van der Waals surface area contributed by atoms with E-state index in [1.807, 2.05) is 0 Å². The average molecular weight is 307 g/mol. The molecule has 1 unspecified atom stereocenters. The first kappa shape index (κ1) is 17.1. The van der Waals surface area contributed by atoms with Crippen molar-refractivity contribution in [2.24, 2.45) is 0 Å². The summed E-state index contributed by atoms with van der Waals surface area (Å²) in [5, 5.41) is 12.1. The van der Waals surface area contributed by atoms with Crippen molar-refractivity contribution in [2.75, 3.05) is 20.3 Å². The van der Waals surface area contributed by atoms with Crippen LogP contribution in [0.2, 0.25) is 0 Å². The van der Waals surface area contributed by atoms with Gasteiger partial charge in [0.2, 0.25) is 0 Å². The largest absolute Gasteiger partial charge is 0.507 e. The second-order valence-electron chi connectivity index (χ2n) is 4.39. The molecule has 0 aliphatic rings. The molecule has 0 aliphatic carbocycles. The summed E-state index contributed by atoms with van der Waals surface area (Å²) in [6, 6.07) is 3.47. The molecule has 1 rings (SSSR count). The van der Waals surface area contributed by atoms with E-state index < -0.39 is 24.7 Å². The van der Waals surface area contributed by atoms with E-state index in [0.717, 1.165) is 0 Å². The molecule has 21 heavy (non-hydrogen) atoms. The van der Waals surface area contributed by atoms with Crippen LogP contribution in [0.5, 0.6) is 11.5 Å². The fourth-order valence-electron chi connectivity index (χ4n) is 1.53. The number of hydrogen-bond acceptors (Lipinski definition) is 4. The fraction of sp³-hybridized carbons (Fsp3) is 0.462. The van der Waals surface area contributed by atoms with Crippen molar-refractivity contribution in [3.63, 3.8) is 0 Å². The summed E-state index contributed by atoms with van der Waals surface area (Å²) >= 11 is 0. The number of carbonyl (C=O) groups excluding carboxylic acids is 1. The second kappa shape index (κ2) is 7.16. The van der Waals surface area contributed by atoms with Crippen LogP contribution in [-0.4, -0.2) is 43.6 Å². The number of methoxy groups -OCH3 is 1. The minimum absolute atomic E-state index is 0.00142. The Morgan fingerprint density at radius 1 is 1.43 bits per heavy atom. The van der Waals surface area contributed by atoms with Gasteiger partial charge in [-0.15, -0.1) is 0 Å². The number of alkyl halides is 3. The Balaban J connectivity index is 2.53. The Bertz CT molecular complexity index is 491. The molecule has 0 aliphatic heterocycles. The van der Waals surface area contributed by atoms with Gasteiger partial charge < -0.3 is 19.9 Å². The van der Waals surface area contributed by atoms with Crippen LogP contribution in [0.3, 0.4) is 0 Å². The number of ether oxygens (including phenoxy) is 2. The van der Waals surface area contributed by atoms with Crippen molar-refractivity contribution >= 4 is 5.91 Å². The topological polar surface area (TPSA) is 67.8 Å². The summed E-state index contributed by atoms with van der Waals surface area (Å²) in [6.45, 7) is -0.169. The number of hydrogen-bond donors (Lipinski definition) is 2. The normalized spacial score (nSPS) is 12.8. The number of halogens is 3. The van der Waals surface area contributed by atoms with E-state index in [4.69, 9.17) is 4.74 Å².